The Morgan fingerprint density at radius 1 is 1.35 bits per heavy atom. The summed E-state index contributed by atoms with van der Waals surface area (Å²) in [5.41, 5.74) is 1.21. The Kier molecular flexibility index (Phi) is 4.49. The molecule has 0 saturated heterocycles. The predicted octanol–water partition coefficient (Wildman–Crippen LogP) is 3.36. The van der Waals surface area contributed by atoms with Crippen LogP contribution in [0, 0.1) is 6.92 Å². The average Bonchev–Trinajstić information content (AvgIpc) is 3.25. The minimum absolute atomic E-state index is 0.252. The maximum Gasteiger partial charge on any atom is 0.262 e. The van der Waals surface area contributed by atoms with Crippen molar-refractivity contribution in [2.45, 2.75) is 6.92 Å². The highest BCUT2D eigenvalue weighted by atomic mass is 32.1. The third-order valence-electron chi connectivity index (χ3n) is 2.91. The Labute approximate surface area is 140 Å². The van der Waals surface area contributed by atoms with Crippen LogP contribution in [0.15, 0.2) is 22.8 Å². The van der Waals surface area contributed by atoms with Crippen LogP contribution in [0.3, 0.4) is 0 Å². The fraction of sp³-hybridized carbons (Fsp3) is 0.143. The molecule has 0 aromatic carbocycles. The fourth-order valence-electron chi connectivity index (χ4n) is 1.86. The van der Waals surface area contributed by atoms with Gasteiger partial charge in [-0.1, -0.05) is 11.3 Å². The van der Waals surface area contributed by atoms with E-state index >= 15 is 0 Å². The Hall–Kier alpha value is -2.52. The third kappa shape index (κ3) is 3.46. The number of nitrogens with zero attached hydrogens (tertiary/aromatic N) is 3. The topological polar surface area (TPSA) is 92.9 Å². The van der Waals surface area contributed by atoms with Gasteiger partial charge in [0.2, 0.25) is 5.13 Å². The number of nitrogens with one attached hydrogen (secondary N) is 2. The molecule has 0 saturated carbocycles. The maximum atomic E-state index is 12.4. The first-order valence-corrected chi connectivity index (χ1v) is 8.27. The second kappa shape index (κ2) is 6.71. The number of carbonyl (C=O) groups excluding carboxylic acids is 1. The summed E-state index contributed by atoms with van der Waals surface area (Å²) in [6.45, 7) is 1.80. The molecule has 1 amide bonds. The van der Waals surface area contributed by atoms with Crippen molar-refractivity contribution in [2.24, 2.45) is 0 Å². The van der Waals surface area contributed by atoms with Crippen LogP contribution in [0.4, 0.5) is 10.1 Å². The van der Waals surface area contributed by atoms with Crippen molar-refractivity contribution >= 4 is 51.1 Å². The second-order valence-electron chi connectivity index (χ2n) is 4.47. The summed E-state index contributed by atoms with van der Waals surface area (Å²) < 4.78 is 9.38. The zero-order valence-electron chi connectivity index (χ0n) is 12.4. The summed E-state index contributed by atoms with van der Waals surface area (Å²) in [5, 5.41) is 15.5. The summed E-state index contributed by atoms with van der Waals surface area (Å²) in [4.78, 5) is 12.4. The van der Waals surface area contributed by atoms with Crippen LogP contribution < -0.4 is 10.6 Å². The SMILES string of the molecule is CNc1snc(C)c1C(=O)Nc1nnc(C=Cc2ccco2)s1. The van der Waals surface area contributed by atoms with Gasteiger partial charge in [0.25, 0.3) is 5.91 Å². The number of hydrogen-bond acceptors (Lipinski definition) is 8. The van der Waals surface area contributed by atoms with E-state index in [1.807, 2.05) is 12.1 Å². The van der Waals surface area contributed by atoms with Crippen LogP contribution in [0.5, 0.6) is 0 Å². The quantitative estimate of drug-likeness (QED) is 0.735. The zero-order valence-corrected chi connectivity index (χ0v) is 14.0. The molecular formula is C14H13N5O2S2. The van der Waals surface area contributed by atoms with Gasteiger partial charge in [-0.3, -0.25) is 10.1 Å². The summed E-state index contributed by atoms with van der Waals surface area (Å²) in [6.07, 6.45) is 5.17. The minimum Gasteiger partial charge on any atom is -0.465 e. The first-order valence-electron chi connectivity index (χ1n) is 6.68. The van der Waals surface area contributed by atoms with Crippen molar-refractivity contribution < 1.29 is 9.21 Å². The lowest BCUT2D eigenvalue weighted by Crippen LogP contribution is -2.13. The van der Waals surface area contributed by atoms with Gasteiger partial charge < -0.3 is 9.73 Å². The molecule has 0 aliphatic heterocycles. The van der Waals surface area contributed by atoms with Crippen LogP contribution in [0.25, 0.3) is 12.2 Å². The summed E-state index contributed by atoms with van der Waals surface area (Å²) in [7, 11) is 1.76. The smallest absolute Gasteiger partial charge is 0.262 e. The Balaban J connectivity index is 1.71. The van der Waals surface area contributed by atoms with E-state index in [0.717, 1.165) is 10.8 Å². The van der Waals surface area contributed by atoms with Crippen LogP contribution in [0.2, 0.25) is 0 Å². The van der Waals surface area contributed by atoms with E-state index in [1.165, 1.54) is 22.9 Å². The maximum absolute atomic E-state index is 12.4. The number of anilines is 2. The summed E-state index contributed by atoms with van der Waals surface area (Å²) in [6, 6.07) is 3.65. The second-order valence-corrected chi connectivity index (χ2v) is 6.25. The highest BCUT2D eigenvalue weighted by Crippen LogP contribution is 2.26. The summed E-state index contributed by atoms with van der Waals surface area (Å²) in [5.74, 6) is 0.475. The molecule has 9 heteroatoms. The lowest BCUT2D eigenvalue weighted by atomic mass is 10.2. The number of amides is 1. The number of furan rings is 1. The average molecular weight is 347 g/mol. The largest absolute Gasteiger partial charge is 0.465 e. The van der Waals surface area contributed by atoms with Crippen molar-refractivity contribution in [1.82, 2.24) is 14.6 Å². The standard InChI is InChI=1S/C14H13N5O2S2/c1-8-11(13(15-2)23-19-8)12(20)16-14-18-17-10(22-14)6-5-9-4-3-7-21-9/h3-7,15H,1-2H3,(H,16,18,20). The first-order chi connectivity index (χ1) is 11.2. The number of hydrogen-bond donors (Lipinski definition) is 2. The molecule has 118 valence electrons. The Morgan fingerprint density at radius 3 is 2.96 bits per heavy atom. The summed E-state index contributed by atoms with van der Waals surface area (Å²) >= 11 is 2.53. The van der Waals surface area contributed by atoms with Crippen LogP contribution >= 0.6 is 22.9 Å². The number of aryl methyl sites for hydroxylation is 1. The van der Waals surface area contributed by atoms with Gasteiger partial charge in [-0.25, -0.2) is 0 Å². The van der Waals surface area contributed by atoms with Crippen LogP contribution in [0.1, 0.15) is 26.8 Å². The van der Waals surface area contributed by atoms with Gasteiger partial charge in [0, 0.05) is 7.05 Å². The van der Waals surface area contributed by atoms with Crippen molar-refractivity contribution in [1.29, 1.82) is 0 Å². The highest BCUT2D eigenvalue weighted by molar-refractivity contribution is 7.16. The van der Waals surface area contributed by atoms with E-state index in [-0.39, 0.29) is 5.91 Å². The van der Waals surface area contributed by atoms with Gasteiger partial charge in [-0.05, 0) is 42.7 Å². The molecule has 23 heavy (non-hydrogen) atoms. The molecule has 3 aromatic heterocycles. The molecule has 0 atom stereocenters. The molecule has 3 heterocycles. The molecular weight excluding hydrogens is 334 g/mol. The van der Waals surface area contributed by atoms with Gasteiger partial charge in [0.1, 0.15) is 15.8 Å². The van der Waals surface area contributed by atoms with E-state index in [4.69, 9.17) is 4.42 Å². The third-order valence-corrected chi connectivity index (χ3v) is 4.67. The Bertz CT molecular complexity index is 835. The van der Waals surface area contributed by atoms with Crippen molar-refractivity contribution in [3.63, 3.8) is 0 Å². The van der Waals surface area contributed by atoms with E-state index in [9.17, 15) is 4.79 Å². The molecule has 0 bridgehead atoms. The molecule has 0 spiro atoms. The predicted molar refractivity (Wildman–Crippen MR) is 91.9 cm³/mol. The minimum atomic E-state index is -0.252. The fourth-order valence-corrected chi connectivity index (χ4v) is 3.24. The van der Waals surface area contributed by atoms with Gasteiger partial charge in [-0.2, -0.15) is 4.37 Å². The lowest BCUT2D eigenvalue weighted by molar-refractivity contribution is 0.102. The molecule has 7 nitrogen and oxygen atoms in total. The van der Waals surface area contributed by atoms with Crippen molar-refractivity contribution in [3.05, 3.63) is 40.4 Å². The Morgan fingerprint density at radius 2 is 2.22 bits per heavy atom. The molecule has 2 N–H and O–H groups in total. The first kappa shape index (κ1) is 15.4. The van der Waals surface area contributed by atoms with E-state index in [2.05, 4.69) is 25.2 Å². The molecule has 0 aliphatic carbocycles. The van der Waals surface area contributed by atoms with Crippen molar-refractivity contribution in [3.8, 4) is 0 Å². The van der Waals surface area contributed by atoms with E-state index in [1.54, 1.807) is 32.4 Å². The number of carbonyl (C=O) groups is 1. The van der Waals surface area contributed by atoms with Crippen LogP contribution in [-0.2, 0) is 0 Å². The highest BCUT2D eigenvalue weighted by Gasteiger charge is 2.19. The molecule has 0 fully saturated rings. The zero-order chi connectivity index (χ0) is 16.2. The molecule has 0 radical (unpaired) electrons. The number of aromatic nitrogens is 3. The van der Waals surface area contributed by atoms with E-state index < -0.39 is 0 Å². The molecule has 0 unspecified atom stereocenters. The van der Waals surface area contributed by atoms with E-state index in [0.29, 0.717) is 21.4 Å². The van der Waals surface area contributed by atoms with Gasteiger partial charge in [0.05, 0.1) is 17.5 Å². The van der Waals surface area contributed by atoms with Crippen molar-refractivity contribution in [2.75, 3.05) is 17.7 Å². The lowest BCUT2D eigenvalue weighted by Gasteiger charge is -2.02. The van der Waals surface area contributed by atoms with Crippen LogP contribution in [-0.4, -0.2) is 27.5 Å². The van der Waals surface area contributed by atoms with Gasteiger partial charge in [0.15, 0.2) is 0 Å². The molecule has 3 aromatic rings. The van der Waals surface area contributed by atoms with Gasteiger partial charge >= 0.3 is 0 Å². The van der Waals surface area contributed by atoms with Gasteiger partial charge in [-0.15, -0.1) is 10.2 Å². The molecule has 0 aliphatic rings. The molecule has 3 rings (SSSR count). The normalized spacial score (nSPS) is 11.0. The monoisotopic (exact) mass is 347 g/mol. The number of rotatable bonds is 5.